The smallest absolute Gasteiger partial charge is 0.257 e. The van der Waals surface area contributed by atoms with Crippen LogP contribution in [0.15, 0.2) is 30.5 Å². The van der Waals surface area contributed by atoms with Crippen molar-refractivity contribution in [3.63, 3.8) is 0 Å². The van der Waals surface area contributed by atoms with Crippen LogP contribution >= 0.6 is 24.0 Å². The van der Waals surface area contributed by atoms with Crippen LogP contribution < -0.4 is 5.32 Å². The molecule has 3 rings (SSSR count). The molecule has 7 heteroatoms. The third-order valence-electron chi connectivity index (χ3n) is 4.69. The maximum absolute atomic E-state index is 12.9. The molecule has 5 nitrogen and oxygen atoms in total. The van der Waals surface area contributed by atoms with Crippen LogP contribution in [0.3, 0.4) is 0 Å². The molecule has 0 bridgehead atoms. The molecule has 0 spiro atoms. The molecule has 1 amide bonds. The van der Waals surface area contributed by atoms with E-state index in [2.05, 4.69) is 15.5 Å². The molecule has 1 aliphatic rings. The summed E-state index contributed by atoms with van der Waals surface area (Å²) in [6.45, 7) is 2.67. The van der Waals surface area contributed by atoms with Gasteiger partial charge in [-0.05, 0) is 50.9 Å². The molecule has 1 saturated heterocycles. The van der Waals surface area contributed by atoms with Crippen molar-refractivity contribution in [1.29, 1.82) is 0 Å². The average molecular weight is 383 g/mol. The molecule has 2 aromatic rings. The Labute approximate surface area is 159 Å². The second kappa shape index (κ2) is 9.22. The zero-order valence-corrected chi connectivity index (χ0v) is 15.9. The number of amides is 1. The highest BCUT2D eigenvalue weighted by Crippen LogP contribution is 2.27. The molecular weight excluding hydrogens is 359 g/mol. The first-order valence-electron chi connectivity index (χ1n) is 8.42. The summed E-state index contributed by atoms with van der Waals surface area (Å²) in [5.41, 5.74) is 2.23. The number of nitrogens with zero attached hydrogens (tertiary/aromatic N) is 2. The summed E-state index contributed by atoms with van der Waals surface area (Å²) in [5.74, 6) is 0.754. The SMILES string of the molecule is CNCCC1CCN(C(=O)c2cn[nH]c2-c2cccc(Cl)c2)CC1.Cl. The van der Waals surface area contributed by atoms with Crippen LogP contribution in [0.2, 0.25) is 5.02 Å². The van der Waals surface area contributed by atoms with Gasteiger partial charge < -0.3 is 10.2 Å². The molecule has 0 unspecified atom stereocenters. The molecule has 0 aliphatic carbocycles. The number of aromatic nitrogens is 2. The van der Waals surface area contributed by atoms with Gasteiger partial charge in [0.15, 0.2) is 0 Å². The van der Waals surface area contributed by atoms with E-state index in [1.54, 1.807) is 6.20 Å². The van der Waals surface area contributed by atoms with Gasteiger partial charge in [0.25, 0.3) is 5.91 Å². The van der Waals surface area contributed by atoms with Crippen molar-refractivity contribution in [2.75, 3.05) is 26.7 Å². The topological polar surface area (TPSA) is 61.0 Å². The Morgan fingerprint density at radius 1 is 1.40 bits per heavy atom. The number of carbonyl (C=O) groups excluding carboxylic acids is 1. The van der Waals surface area contributed by atoms with E-state index in [4.69, 9.17) is 11.6 Å². The Bertz CT molecular complexity index is 696. The molecule has 1 aliphatic heterocycles. The normalized spacial score (nSPS) is 15.0. The van der Waals surface area contributed by atoms with E-state index >= 15 is 0 Å². The average Bonchev–Trinajstić information content (AvgIpc) is 3.09. The number of likely N-dealkylation sites (tertiary alicyclic amines) is 1. The number of nitrogens with one attached hydrogen (secondary N) is 2. The molecule has 2 heterocycles. The summed E-state index contributed by atoms with van der Waals surface area (Å²) in [7, 11) is 1.98. The highest BCUT2D eigenvalue weighted by atomic mass is 35.5. The van der Waals surface area contributed by atoms with Gasteiger partial charge in [-0.15, -0.1) is 12.4 Å². The Morgan fingerprint density at radius 3 is 2.84 bits per heavy atom. The van der Waals surface area contributed by atoms with Gasteiger partial charge in [-0.25, -0.2) is 0 Å². The van der Waals surface area contributed by atoms with Crippen LogP contribution in [0.4, 0.5) is 0 Å². The first-order chi connectivity index (χ1) is 11.7. The molecular formula is C18H24Cl2N4O. The fraction of sp³-hybridized carbons (Fsp3) is 0.444. The Kier molecular flexibility index (Phi) is 7.29. The van der Waals surface area contributed by atoms with Gasteiger partial charge in [-0.2, -0.15) is 5.10 Å². The van der Waals surface area contributed by atoms with E-state index in [0.29, 0.717) is 16.5 Å². The lowest BCUT2D eigenvalue weighted by atomic mass is 9.93. The van der Waals surface area contributed by atoms with Crippen molar-refractivity contribution in [1.82, 2.24) is 20.4 Å². The fourth-order valence-corrected chi connectivity index (χ4v) is 3.45. The molecule has 0 radical (unpaired) electrons. The first kappa shape index (κ1) is 19.8. The predicted molar refractivity (Wildman–Crippen MR) is 103 cm³/mol. The lowest BCUT2D eigenvalue weighted by Gasteiger charge is -2.32. The van der Waals surface area contributed by atoms with Gasteiger partial charge in [0.05, 0.1) is 17.5 Å². The van der Waals surface area contributed by atoms with Crippen molar-refractivity contribution in [2.45, 2.75) is 19.3 Å². The summed E-state index contributed by atoms with van der Waals surface area (Å²) in [5, 5.41) is 10.9. The van der Waals surface area contributed by atoms with Gasteiger partial charge >= 0.3 is 0 Å². The van der Waals surface area contributed by atoms with Crippen LogP contribution in [0.5, 0.6) is 0 Å². The number of benzene rings is 1. The standard InChI is InChI=1S/C18H23ClN4O.ClH/c1-20-8-5-13-6-9-23(10-7-13)18(24)16-12-21-22-17(16)14-3-2-4-15(19)11-14;/h2-4,11-13,20H,5-10H2,1H3,(H,21,22);1H. The van der Waals surface area contributed by atoms with Crippen molar-refractivity contribution in [3.8, 4) is 11.3 Å². The van der Waals surface area contributed by atoms with E-state index in [9.17, 15) is 4.79 Å². The summed E-state index contributed by atoms with van der Waals surface area (Å²) in [6.07, 6.45) is 4.93. The second-order valence-electron chi connectivity index (χ2n) is 6.30. The number of piperidine rings is 1. The Morgan fingerprint density at radius 2 is 2.16 bits per heavy atom. The van der Waals surface area contributed by atoms with Crippen LogP contribution in [-0.2, 0) is 0 Å². The maximum atomic E-state index is 12.9. The zero-order chi connectivity index (χ0) is 16.9. The second-order valence-corrected chi connectivity index (χ2v) is 6.73. The summed E-state index contributed by atoms with van der Waals surface area (Å²) in [4.78, 5) is 14.8. The number of hydrogen-bond donors (Lipinski definition) is 2. The molecule has 1 aromatic carbocycles. The third kappa shape index (κ3) is 4.75. The molecule has 0 atom stereocenters. The number of rotatable bonds is 5. The molecule has 136 valence electrons. The van der Waals surface area contributed by atoms with E-state index in [1.165, 1.54) is 6.42 Å². The third-order valence-corrected chi connectivity index (χ3v) is 4.92. The van der Waals surface area contributed by atoms with E-state index in [0.717, 1.165) is 43.7 Å². The van der Waals surface area contributed by atoms with E-state index < -0.39 is 0 Å². The summed E-state index contributed by atoms with van der Waals surface area (Å²) in [6, 6.07) is 7.47. The first-order valence-corrected chi connectivity index (χ1v) is 8.80. The highest BCUT2D eigenvalue weighted by Gasteiger charge is 2.26. The van der Waals surface area contributed by atoms with Crippen molar-refractivity contribution >= 4 is 29.9 Å². The molecule has 25 heavy (non-hydrogen) atoms. The minimum atomic E-state index is 0. The Balaban J connectivity index is 0.00000225. The number of carbonyl (C=O) groups is 1. The molecule has 0 saturated carbocycles. The quantitative estimate of drug-likeness (QED) is 0.829. The maximum Gasteiger partial charge on any atom is 0.257 e. The Hall–Kier alpha value is -1.56. The van der Waals surface area contributed by atoms with Gasteiger partial charge in [-0.3, -0.25) is 9.89 Å². The van der Waals surface area contributed by atoms with Crippen molar-refractivity contribution in [2.24, 2.45) is 5.92 Å². The number of halogens is 2. The summed E-state index contributed by atoms with van der Waals surface area (Å²) >= 11 is 6.07. The van der Waals surface area contributed by atoms with Crippen molar-refractivity contribution in [3.05, 3.63) is 41.0 Å². The number of aromatic amines is 1. The molecule has 2 N–H and O–H groups in total. The van der Waals surface area contributed by atoms with Crippen LogP contribution in [0.1, 0.15) is 29.6 Å². The van der Waals surface area contributed by atoms with Gasteiger partial charge in [-0.1, -0.05) is 23.7 Å². The van der Waals surface area contributed by atoms with Gasteiger partial charge in [0, 0.05) is 23.7 Å². The minimum Gasteiger partial charge on any atom is -0.339 e. The monoisotopic (exact) mass is 382 g/mol. The van der Waals surface area contributed by atoms with Crippen LogP contribution in [0.25, 0.3) is 11.3 Å². The highest BCUT2D eigenvalue weighted by molar-refractivity contribution is 6.30. The lowest BCUT2D eigenvalue weighted by Crippen LogP contribution is -2.39. The van der Waals surface area contributed by atoms with Gasteiger partial charge in [0.1, 0.15) is 0 Å². The fourth-order valence-electron chi connectivity index (χ4n) is 3.26. The zero-order valence-electron chi connectivity index (χ0n) is 14.3. The number of hydrogen-bond acceptors (Lipinski definition) is 3. The number of H-pyrrole nitrogens is 1. The van der Waals surface area contributed by atoms with Crippen LogP contribution in [0, 0.1) is 5.92 Å². The lowest BCUT2D eigenvalue weighted by molar-refractivity contribution is 0.0688. The minimum absolute atomic E-state index is 0. The van der Waals surface area contributed by atoms with E-state index in [-0.39, 0.29) is 18.3 Å². The molecule has 1 aromatic heterocycles. The van der Waals surface area contributed by atoms with E-state index in [1.807, 2.05) is 36.2 Å². The van der Waals surface area contributed by atoms with Crippen molar-refractivity contribution < 1.29 is 4.79 Å². The van der Waals surface area contributed by atoms with Crippen LogP contribution in [-0.4, -0.2) is 47.7 Å². The largest absolute Gasteiger partial charge is 0.339 e. The predicted octanol–water partition coefficient (Wildman–Crippen LogP) is 3.61. The van der Waals surface area contributed by atoms with Gasteiger partial charge in [0.2, 0.25) is 0 Å². The molecule has 1 fully saturated rings. The summed E-state index contributed by atoms with van der Waals surface area (Å²) < 4.78 is 0.